The maximum absolute atomic E-state index is 14.1. The summed E-state index contributed by atoms with van der Waals surface area (Å²) in [7, 11) is 0. The lowest BCUT2D eigenvalue weighted by Crippen LogP contribution is -2.46. The normalized spacial score (nSPS) is 17.2. The first-order valence-corrected chi connectivity index (χ1v) is 8.68. The van der Waals surface area contributed by atoms with Gasteiger partial charge in [0.25, 0.3) is 5.91 Å². The standard InChI is InChI=1S/C19H24FN3O/c1-4-14(5-2)23-18(12-13(3)21-23)19(24)22-11-10-17(22)15-8-6-7-9-16(15)20/h6-9,12,14,17H,4-5,10-11H2,1-3H3/t17-/m0/s1. The lowest BCUT2D eigenvalue weighted by Gasteiger charge is -2.41. The van der Waals surface area contributed by atoms with Crippen LogP contribution in [0.5, 0.6) is 0 Å². The van der Waals surface area contributed by atoms with Crippen LogP contribution in [0, 0.1) is 12.7 Å². The third kappa shape index (κ3) is 2.83. The molecule has 0 spiro atoms. The molecule has 1 aromatic heterocycles. The highest BCUT2D eigenvalue weighted by molar-refractivity contribution is 5.93. The largest absolute Gasteiger partial charge is 0.330 e. The molecular formula is C19H24FN3O. The predicted octanol–water partition coefficient (Wildman–Crippen LogP) is 4.28. The molecule has 1 aliphatic rings. The molecule has 1 amide bonds. The lowest BCUT2D eigenvalue weighted by molar-refractivity contribution is 0.0437. The number of hydrogen-bond donors (Lipinski definition) is 0. The van der Waals surface area contributed by atoms with Crippen LogP contribution in [0.1, 0.15) is 66.9 Å². The van der Waals surface area contributed by atoms with E-state index in [0.29, 0.717) is 17.8 Å². The van der Waals surface area contributed by atoms with Gasteiger partial charge in [0.1, 0.15) is 11.5 Å². The number of likely N-dealkylation sites (tertiary alicyclic amines) is 1. The molecule has 1 atom stereocenters. The Morgan fingerprint density at radius 1 is 1.33 bits per heavy atom. The summed E-state index contributed by atoms with van der Waals surface area (Å²) in [4.78, 5) is 14.8. The SMILES string of the molecule is CCC(CC)n1nc(C)cc1C(=O)N1CC[C@H]1c1ccccc1F. The van der Waals surface area contributed by atoms with Crippen molar-refractivity contribution in [3.05, 3.63) is 53.1 Å². The molecule has 24 heavy (non-hydrogen) atoms. The van der Waals surface area contributed by atoms with Crippen LogP contribution in [-0.2, 0) is 0 Å². The molecule has 4 nitrogen and oxygen atoms in total. The van der Waals surface area contributed by atoms with E-state index in [1.54, 1.807) is 17.0 Å². The summed E-state index contributed by atoms with van der Waals surface area (Å²) in [5, 5.41) is 4.52. The van der Waals surface area contributed by atoms with Gasteiger partial charge in [0, 0.05) is 12.1 Å². The van der Waals surface area contributed by atoms with Crippen LogP contribution in [0.25, 0.3) is 0 Å². The van der Waals surface area contributed by atoms with Gasteiger partial charge in [-0.25, -0.2) is 4.39 Å². The predicted molar refractivity (Wildman–Crippen MR) is 91.4 cm³/mol. The summed E-state index contributed by atoms with van der Waals surface area (Å²) in [5.41, 5.74) is 2.05. The van der Waals surface area contributed by atoms with Gasteiger partial charge in [-0.15, -0.1) is 0 Å². The lowest BCUT2D eigenvalue weighted by atomic mass is 9.93. The van der Waals surface area contributed by atoms with E-state index in [9.17, 15) is 9.18 Å². The zero-order chi connectivity index (χ0) is 17.3. The minimum absolute atomic E-state index is 0.0537. The van der Waals surface area contributed by atoms with Gasteiger partial charge in [0.05, 0.1) is 17.8 Å². The van der Waals surface area contributed by atoms with Gasteiger partial charge in [-0.3, -0.25) is 9.48 Å². The summed E-state index contributed by atoms with van der Waals surface area (Å²) in [5.74, 6) is -0.299. The van der Waals surface area contributed by atoms with Gasteiger partial charge in [-0.1, -0.05) is 32.0 Å². The quantitative estimate of drug-likeness (QED) is 0.821. The molecule has 5 heteroatoms. The molecule has 128 valence electrons. The second kappa shape index (κ2) is 6.75. The first kappa shape index (κ1) is 16.7. The second-order valence-corrected chi connectivity index (χ2v) is 6.41. The van der Waals surface area contributed by atoms with Crippen molar-refractivity contribution < 1.29 is 9.18 Å². The zero-order valence-electron chi connectivity index (χ0n) is 14.5. The maximum atomic E-state index is 14.1. The molecule has 1 aromatic carbocycles. The van der Waals surface area contributed by atoms with Crippen molar-refractivity contribution in [2.24, 2.45) is 0 Å². The molecule has 2 aromatic rings. The highest BCUT2D eigenvalue weighted by Crippen LogP contribution is 2.36. The number of benzene rings is 1. The van der Waals surface area contributed by atoms with Gasteiger partial charge < -0.3 is 4.90 Å². The Morgan fingerprint density at radius 3 is 2.62 bits per heavy atom. The Bertz CT molecular complexity index is 736. The van der Waals surface area contributed by atoms with Crippen molar-refractivity contribution in [1.29, 1.82) is 0 Å². The minimum atomic E-state index is -0.246. The Balaban J connectivity index is 1.89. The van der Waals surface area contributed by atoms with E-state index in [1.807, 2.05) is 23.7 Å². The molecule has 0 radical (unpaired) electrons. The number of carbonyl (C=O) groups is 1. The van der Waals surface area contributed by atoms with E-state index < -0.39 is 0 Å². The van der Waals surface area contributed by atoms with Crippen LogP contribution in [0.3, 0.4) is 0 Å². The van der Waals surface area contributed by atoms with Crippen LogP contribution in [0.15, 0.2) is 30.3 Å². The number of carbonyl (C=O) groups excluding carboxylic acids is 1. The third-order valence-corrected chi connectivity index (χ3v) is 4.91. The van der Waals surface area contributed by atoms with Crippen LogP contribution >= 0.6 is 0 Å². The maximum Gasteiger partial charge on any atom is 0.272 e. The highest BCUT2D eigenvalue weighted by atomic mass is 19.1. The van der Waals surface area contributed by atoms with Crippen LogP contribution < -0.4 is 0 Å². The first-order chi connectivity index (χ1) is 11.6. The molecule has 1 aliphatic heterocycles. The summed E-state index contributed by atoms with van der Waals surface area (Å²) in [6.07, 6.45) is 2.65. The minimum Gasteiger partial charge on any atom is -0.330 e. The average molecular weight is 329 g/mol. The van der Waals surface area contributed by atoms with Gasteiger partial charge in [0.15, 0.2) is 0 Å². The molecule has 0 aliphatic carbocycles. The van der Waals surface area contributed by atoms with Gasteiger partial charge in [0.2, 0.25) is 0 Å². The molecule has 0 saturated carbocycles. The van der Waals surface area contributed by atoms with Crippen molar-refractivity contribution in [1.82, 2.24) is 14.7 Å². The monoisotopic (exact) mass is 329 g/mol. The van der Waals surface area contributed by atoms with Gasteiger partial charge in [-0.05, 0) is 38.3 Å². The molecule has 3 rings (SSSR count). The van der Waals surface area contributed by atoms with Gasteiger partial charge in [-0.2, -0.15) is 5.10 Å². The second-order valence-electron chi connectivity index (χ2n) is 6.41. The molecule has 0 unspecified atom stereocenters. The number of aryl methyl sites for hydroxylation is 1. The topological polar surface area (TPSA) is 38.1 Å². The van der Waals surface area contributed by atoms with Crippen molar-refractivity contribution in [2.75, 3.05) is 6.54 Å². The molecule has 0 N–H and O–H groups in total. The van der Waals surface area contributed by atoms with E-state index in [0.717, 1.165) is 25.0 Å². The molecule has 2 heterocycles. The smallest absolute Gasteiger partial charge is 0.272 e. The molecule has 0 bridgehead atoms. The number of hydrogen-bond acceptors (Lipinski definition) is 2. The van der Waals surface area contributed by atoms with Crippen molar-refractivity contribution >= 4 is 5.91 Å². The van der Waals surface area contributed by atoms with E-state index in [1.165, 1.54) is 6.07 Å². The number of aromatic nitrogens is 2. The van der Waals surface area contributed by atoms with Crippen LogP contribution in [0.4, 0.5) is 4.39 Å². The summed E-state index contributed by atoms with van der Waals surface area (Å²) in [6.45, 7) is 6.77. The fraction of sp³-hybridized carbons (Fsp3) is 0.474. The van der Waals surface area contributed by atoms with E-state index in [2.05, 4.69) is 18.9 Å². The van der Waals surface area contributed by atoms with Crippen molar-refractivity contribution in [2.45, 2.75) is 52.1 Å². The number of amides is 1. The van der Waals surface area contributed by atoms with Crippen molar-refractivity contribution in [3.8, 4) is 0 Å². The van der Waals surface area contributed by atoms with E-state index >= 15 is 0 Å². The Kier molecular flexibility index (Phi) is 4.69. The number of rotatable bonds is 5. The third-order valence-electron chi connectivity index (χ3n) is 4.91. The van der Waals surface area contributed by atoms with E-state index in [4.69, 9.17) is 0 Å². The van der Waals surface area contributed by atoms with Crippen LogP contribution in [-0.4, -0.2) is 27.1 Å². The van der Waals surface area contributed by atoms with Crippen molar-refractivity contribution in [3.63, 3.8) is 0 Å². The summed E-state index contributed by atoms with van der Waals surface area (Å²) < 4.78 is 15.9. The summed E-state index contributed by atoms with van der Waals surface area (Å²) >= 11 is 0. The number of halogens is 1. The average Bonchev–Trinajstić information content (AvgIpc) is 2.91. The zero-order valence-corrected chi connectivity index (χ0v) is 14.5. The van der Waals surface area contributed by atoms with Gasteiger partial charge >= 0.3 is 0 Å². The molecule has 1 saturated heterocycles. The van der Waals surface area contributed by atoms with E-state index in [-0.39, 0.29) is 23.8 Å². The Hall–Kier alpha value is -2.17. The summed E-state index contributed by atoms with van der Waals surface area (Å²) in [6, 6.07) is 8.59. The first-order valence-electron chi connectivity index (χ1n) is 8.68. The number of nitrogens with zero attached hydrogens (tertiary/aromatic N) is 3. The molecule has 1 fully saturated rings. The Labute approximate surface area is 142 Å². The highest BCUT2D eigenvalue weighted by Gasteiger charge is 2.37. The van der Waals surface area contributed by atoms with Crippen LogP contribution in [0.2, 0.25) is 0 Å². The Morgan fingerprint density at radius 2 is 2.04 bits per heavy atom. The fourth-order valence-corrected chi connectivity index (χ4v) is 3.44. The molecular weight excluding hydrogens is 305 g/mol. The fourth-order valence-electron chi connectivity index (χ4n) is 3.44.